The second-order valence-corrected chi connectivity index (χ2v) is 7.20. The van der Waals surface area contributed by atoms with Gasteiger partial charge in [-0.05, 0) is 52.0 Å². The van der Waals surface area contributed by atoms with Gasteiger partial charge in [-0.15, -0.1) is 12.3 Å². The van der Waals surface area contributed by atoms with Gasteiger partial charge in [0, 0.05) is 13.0 Å². The van der Waals surface area contributed by atoms with Gasteiger partial charge in [0.15, 0.2) is 0 Å². The molecule has 0 bridgehead atoms. The summed E-state index contributed by atoms with van der Waals surface area (Å²) in [4.78, 5) is 11.5. The molecule has 0 fully saturated rings. The maximum Gasteiger partial charge on any atom is 0.309 e. The quantitative estimate of drug-likeness (QED) is 0.280. The molecule has 1 atom stereocenters. The molecule has 28 heavy (non-hydrogen) atoms. The second kappa shape index (κ2) is 12.2. The first-order chi connectivity index (χ1) is 13.6. The molecule has 2 rings (SSSR count). The normalized spacial score (nSPS) is 11.5. The van der Waals surface area contributed by atoms with Crippen molar-refractivity contribution in [3.63, 3.8) is 0 Å². The number of benzene rings is 2. The highest BCUT2D eigenvalue weighted by molar-refractivity contribution is 9.10. The third kappa shape index (κ3) is 7.75. The molecule has 0 heterocycles. The Bertz CT molecular complexity index is 783. The molecule has 0 saturated heterocycles. The number of hydrogen-bond acceptors (Lipinski definition) is 4. The topological polar surface area (TPSA) is 44.8 Å². The van der Waals surface area contributed by atoms with Crippen LogP contribution in [0.2, 0.25) is 0 Å². The van der Waals surface area contributed by atoms with Crippen LogP contribution >= 0.6 is 15.9 Å². The van der Waals surface area contributed by atoms with E-state index in [1.165, 1.54) is 7.11 Å². The van der Waals surface area contributed by atoms with Crippen molar-refractivity contribution in [2.24, 2.45) is 0 Å². The summed E-state index contributed by atoms with van der Waals surface area (Å²) in [6, 6.07) is 15.7. The zero-order chi connectivity index (χ0) is 20.2. The molecule has 0 aliphatic heterocycles. The first-order valence-electron chi connectivity index (χ1n) is 9.19. The second-order valence-electron chi connectivity index (χ2n) is 6.35. The van der Waals surface area contributed by atoms with Crippen LogP contribution in [0.15, 0.2) is 53.0 Å². The maximum absolute atomic E-state index is 11.5. The van der Waals surface area contributed by atoms with E-state index in [1.54, 1.807) is 0 Å². The van der Waals surface area contributed by atoms with E-state index in [2.05, 4.69) is 21.9 Å². The van der Waals surface area contributed by atoms with Crippen LogP contribution in [0.25, 0.3) is 0 Å². The van der Waals surface area contributed by atoms with Gasteiger partial charge >= 0.3 is 5.97 Å². The van der Waals surface area contributed by atoms with Crippen LogP contribution in [-0.4, -0.2) is 25.8 Å². The lowest BCUT2D eigenvalue weighted by molar-refractivity contribution is -0.139. The van der Waals surface area contributed by atoms with E-state index >= 15 is 0 Å². The van der Waals surface area contributed by atoms with E-state index in [0.717, 1.165) is 28.4 Å². The molecule has 4 nitrogen and oxygen atoms in total. The fraction of sp³-hybridized carbons (Fsp3) is 0.348. The van der Waals surface area contributed by atoms with E-state index in [4.69, 9.17) is 20.6 Å². The summed E-state index contributed by atoms with van der Waals surface area (Å²) in [7, 11) is 1.38. The van der Waals surface area contributed by atoms with Crippen LogP contribution in [0.5, 0.6) is 5.75 Å². The van der Waals surface area contributed by atoms with Crippen molar-refractivity contribution in [2.45, 2.75) is 38.4 Å². The highest BCUT2D eigenvalue weighted by Gasteiger charge is 2.13. The van der Waals surface area contributed by atoms with Crippen molar-refractivity contribution in [3.8, 4) is 18.1 Å². The molecule has 0 radical (unpaired) electrons. The first-order valence-corrected chi connectivity index (χ1v) is 9.98. The number of hydrogen-bond donors (Lipinski definition) is 0. The number of carbonyl (C=O) groups excluding carboxylic acids is 1. The highest BCUT2D eigenvalue weighted by Crippen LogP contribution is 2.28. The number of rotatable bonds is 11. The molecular weight excluding hydrogens is 420 g/mol. The molecular formula is C23H25BrO4. The fourth-order valence-electron chi connectivity index (χ4n) is 2.68. The predicted octanol–water partition coefficient (Wildman–Crippen LogP) is 4.93. The van der Waals surface area contributed by atoms with Crippen molar-refractivity contribution >= 4 is 21.9 Å². The van der Waals surface area contributed by atoms with Crippen molar-refractivity contribution in [1.82, 2.24) is 0 Å². The minimum atomic E-state index is -0.288. The average Bonchev–Trinajstić information content (AvgIpc) is 2.71. The third-order valence-electron chi connectivity index (χ3n) is 4.14. The average molecular weight is 445 g/mol. The monoisotopic (exact) mass is 444 g/mol. The van der Waals surface area contributed by atoms with Gasteiger partial charge in [-0.3, -0.25) is 4.79 Å². The molecule has 0 amide bonds. The summed E-state index contributed by atoms with van der Waals surface area (Å²) in [5.74, 6) is 3.06. The van der Waals surface area contributed by atoms with E-state index in [9.17, 15) is 4.79 Å². The number of esters is 1. The van der Waals surface area contributed by atoms with Gasteiger partial charge in [-0.2, -0.15) is 0 Å². The van der Waals surface area contributed by atoms with Crippen molar-refractivity contribution in [1.29, 1.82) is 0 Å². The Hall–Kier alpha value is -2.29. The Morgan fingerprint density at radius 3 is 2.68 bits per heavy atom. The molecule has 5 heteroatoms. The van der Waals surface area contributed by atoms with Gasteiger partial charge in [-0.25, -0.2) is 0 Å². The van der Waals surface area contributed by atoms with Crippen LogP contribution in [0.3, 0.4) is 0 Å². The Morgan fingerprint density at radius 1 is 1.18 bits per heavy atom. The molecule has 0 aromatic heterocycles. The summed E-state index contributed by atoms with van der Waals surface area (Å²) >= 11 is 3.49. The number of methoxy groups -OCH3 is 1. The van der Waals surface area contributed by atoms with Crippen LogP contribution < -0.4 is 4.74 Å². The Labute approximate surface area is 175 Å². The summed E-state index contributed by atoms with van der Waals surface area (Å²) in [6.07, 6.45) is 7.73. The van der Waals surface area contributed by atoms with Gasteiger partial charge in [-0.1, -0.05) is 36.4 Å². The largest absolute Gasteiger partial charge is 0.488 e. The number of halogens is 1. The standard InChI is InChI=1S/C23H25BrO4/c1-3-8-20(11-7-14-27-17-18-9-5-4-6-10-18)28-22-15-19(12-13-21(22)24)16-23(25)26-2/h1,4-6,9-10,12-13,15,20H,7-8,11,14,16-17H2,2H3/t20-/m0/s1. The van der Waals surface area contributed by atoms with Crippen LogP contribution in [0, 0.1) is 12.3 Å². The first kappa shape index (κ1) is 22.0. The lowest BCUT2D eigenvalue weighted by Gasteiger charge is -2.19. The minimum Gasteiger partial charge on any atom is -0.488 e. The summed E-state index contributed by atoms with van der Waals surface area (Å²) in [6.45, 7) is 1.24. The van der Waals surface area contributed by atoms with Crippen molar-refractivity contribution < 1.29 is 19.0 Å². The smallest absolute Gasteiger partial charge is 0.309 e. The summed E-state index contributed by atoms with van der Waals surface area (Å²) < 4.78 is 17.4. The SMILES string of the molecule is C#CC[C@@H](CCCOCc1ccccc1)Oc1cc(CC(=O)OC)ccc1Br. The number of carbonyl (C=O) groups is 1. The van der Waals surface area contributed by atoms with Crippen molar-refractivity contribution in [3.05, 3.63) is 64.1 Å². The van der Waals surface area contributed by atoms with Gasteiger partial charge in [0.1, 0.15) is 11.9 Å². The maximum atomic E-state index is 11.5. The molecule has 0 aliphatic rings. The molecule has 148 valence electrons. The molecule has 2 aromatic carbocycles. The minimum absolute atomic E-state index is 0.116. The molecule has 0 unspecified atom stereocenters. The molecule has 0 spiro atoms. The lowest BCUT2D eigenvalue weighted by Crippen LogP contribution is -2.17. The highest BCUT2D eigenvalue weighted by atomic mass is 79.9. The van der Waals surface area contributed by atoms with Crippen LogP contribution in [-0.2, 0) is 27.3 Å². The molecule has 0 aliphatic carbocycles. The Balaban J connectivity index is 1.85. The fourth-order valence-corrected chi connectivity index (χ4v) is 3.02. The zero-order valence-corrected chi connectivity index (χ0v) is 17.6. The third-order valence-corrected chi connectivity index (χ3v) is 4.79. The number of terminal acetylenes is 1. The molecule has 0 N–H and O–H groups in total. The van der Waals surface area contributed by atoms with E-state index < -0.39 is 0 Å². The van der Waals surface area contributed by atoms with Crippen LogP contribution in [0.4, 0.5) is 0 Å². The van der Waals surface area contributed by atoms with Gasteiger partial charge in [0.25, 0.3) is 0 Å². The Morgan fingerprint density at radius 2 is 1.96 bits per heavy atom. The predicted molar refractivity (Wildman–Crippen MR) is 113 cm³/mol. The van der Waals surface area contributed by atoms with E-state index in [0.29, 0.717) is 25.4 Å². The summed E-state index contributed by atoms with van der Waals surface area (Å²) in [5, 5.41) is 0. The van der Waals surface area contributed by atoms with E-state index in [-0.39, 0.29) is 18.5 Å². The summed E-state index contributed by atoms with van der Waals surface area (Å²) in [5.41, 5.74) is 1.99. The number of ether oxygens (including phenoxy) is 3. The van der Waals surface area contributed by atoms with Crippen LogP contribution in [0.1, 0.15) is 30.4 Å². The molecule has 2 aromatic rings. The van der Waals surface area contributed by atoms with Gasteiger partial charge in [0.2, 0.25) is 0 Å². The zero-order valence-electron chi connectivity index (χ0n) is 16.0. The Kier molecular flexibility index (Phi) is 9.61. The van der Waals surface area contributed by atoms with Gasteiger partial charge in [0.05, 0.1) is 24.6 Å². The van der Waals surface area contributed by atoms with E-state index in [1.807, 2.05) is 48.5 Å². The van der Waals surface area contributed by atoms with Gasteiger partial charge < -0.3 is 14.2 Å². The molecule has 0 saturated carbocycles. The van der Waals surface area contributed by atoms with Crippen molar-refractivity contribution in [2.75, 3.05) is 13.7 Å². The lowest BCUT2D eigenvalue weighted by atomic mass is 10.1.